The van der Waals surface area contributed by atoms with Crippen molar-refractivity contribution in [2.45, 2.75) is 51.5 Å². The number of hydrogen-bond donors (Lipinski definition) is 1. The lowest BCUT2D eigenvalue weighted by Crippen LogP contribution is -2.53. The molecule has 5 nitrogen and oxygen atoms in total. The van der Waals surface area contributed by atoms with Crippen molar-refractivity contribution >= 4 is 10.2 Å². The van der Waals surface area contributed by atoms with Crippen molar-refractivity contribution in [2.24, 2.45) is 11.7 Å². The predicted molar refractivity (Wildman–Crippen MR) is 76.9 cm³/mol. The van der Waals surface area contributed by atoms with Gasteiger partial charge < -0.3 is 5.73 Å². The van der Waals surface area contributed by atoms with Crippen LogP contribution in [0.4, 0.5) is 0 Å². The molecule has 0 spiro atoms. The van der Waals surface area contributed by atoms with Gasteiger partial charge in [-0.25, -0.2) is 0 Å². The molecule has 0 saturated carbocycles. The number of nitrogens with zero attached hydrogens (tertiary/aromatic N) is 2. The maximum absolute atomic E-state index is 12.8. The Kier molecular flexibility index (Phi) is 5.22. The second-order valence-corrected chi connectivity index (χ2v) is 7.66. The number of nitrogens with two attached hydrogens (primary N) is 1. The minimum Gasteiger partial charge on any atom is -0.330 e. The molecule has 2 heterocycles. The average molecular weight is 289 g/mol. The van der Waals surface area contributed by atoms with Gasteiger partial charge in [0.1, 0.15) is 0 Å². The third-order valence-corrected chi connectivity index (χ3v) is 6.54. The summed E-state index contributed by atoms with van der Waals surface area (Å²) in [6.45, 7) is 4.61. The topological polar surface area (TPSA) is 66.6 Å². The first-order valence-corrected chi connectivity index (χ1v) is 8.96. The highest BCUT2D eigenvalue weighted by atomic mass is 32.2. The molecule has 0 aromatic rings. The van der Waals surface area contributed by atoms with Crippen molar-refractivity contribution in [1.29, 1.82) is 0 Å². The summed E-state index contributed by atoms with van der Waals surface area (Å²) >= 11 is 0. The van der Waals surface area contributed by atoms with Crippen molar-refractivity contribution < 1.29 is 8.42 Å². The van der Waals surface area contributed by atoms with Gasteiger partial charge in [-0.1, -0.05) is 13.3 Å². The molecule has 2 aliphatic rings. The minimum absolute atomic E-state index is 0.192. The summed E-state index contributed by atoms with van der Waals surface area (Å²) in [6, 6.07) is 0.192. The van der Waals surface area contributed by atoms with Crippen molar-refractivity contribution in [3.8, 4) is 0 Å². The van der Waals surface area contributed by atoms with E-state index in [2.05, 4.69) is 6.92 Å². The first kappa shape index (κ1) is 15.2. The highest BCUT2D eigenvalue weighted by Crippen LogP contribution is 2.27. The molecule has 0 aromatic carbocycles. The molecule has 2 N–H and O–H groups in total. The largest absolute Gasteiger partial charge is 0.330 e. The molecule has 2 fully saturated rings. The number of piperidine rings is 2. The van der Waals surface area contributed by atoms with Gasteiger partial charge in [0.15, 0.2) is 0 Å². The molecular formula is C13H27N3O2S. The van der Waals surface area contributed by atoms with Gasteiger partial charge in [-0.3, -0.25) is 0 Å². The van der Waals surface area contributed by atoms with Crippen LogP contribution in [0.25, 0.3) is 0 Å². The number of hydrogen-bond acceptors (Lipinski definition) is 3. The van der Waals surface area contributed by atoms with Crippen molar-refractivity contribution in [3.05, 3.63) is 0 Å². The zero-order valence-electron chi connectivity index (χ0n) is 11.9. The summed E-state index contributed by atoms with van der Waals surface area (Å²) in [6.07, 6.45) is 6.04. The Balaban J connectivity index is 2.11. The molecule has 112 valence electrons. The molecular weight excluding hydrogens is 262 g/mol. The minimum atomic E-state index is -3.28. The van der Waals surface area contributed by atoms with E-state index in [0.29, 0.717) is 32.1 Å². The molecule has 0 radical (unpaired) electrons. The Morgan fingerprint density at radius 3 is 2.63 bits per heavy atom. The summed E-state index contributed by atoms with van der Waals surface area (Å²) < 4.78 is 29.0. The summed E-state index contributed by atoms with van der Waals surface area (Å²) in [5, 5.41) is 0. The maximum Gasteiger partial charge on any atom is 0.282 e. The SMILES string of the molecule is CCC1CCCCN1S(=O)(=O)N1CCCC(CN)C1. The average Bonchev–Trinajstić information content (AvgIpc) is 2.47. The Morgan fingerprint density at radius 2 is 1.95 bits per heavy atom. The van der Waals surface area contributed by atoms with E-state index < -0.39 is 10.2 Å². The smallest absolute Gasteiger partial charge is 0.282 e. The molecule has 0 aliphatic carbocycles. The Morgan fingerprint density at radius 1 is 1.16 bits per heavy atom. The Bertz CT molecular complexity index is 385. The standard InChI is InChI=1S/C13H27N3O2S/c1-2-13-7-3-4-9-16(13)19(17,18)15-8-5-6-12(10-14)11-15/h12-13H,2-11,14H2,1H3. The molecule has 2 unspecified atom stereocenters. The molecule has 2 saturated heterocycles. The van der Waals surface area contributed by atoms with Gasteiger partial charge in [-0.2, -0.15) is 17.0 Å². The van der Waals surface area contributed by atoms with Crippen LogP contribution < -0.4 is 5.73 Å². The molecule has 19 heavy (non-hydrogen) atoms. The van der Waals surface area contributed by atoms with Crippen LogP contribution in [0.15, 0.2) is 0 Å². The van der Waals surface area contributed by atoms with Crippen molar-refractivity contribution in [3.63, 3.8) is 0 Å². The van der Waals surface area contributed by atoms with Gasteiger partial charge in [0, 0.05) is 25.7 Å². The number of rotatable bonds is 4. The summed E-state index contributed by atoms with van der Waals surface area (Å²) in [5.41, 5.74) is 5.71. The van der Waals surface area contributed by atoms with Crippen LogP contribution in [0.2, 0.25) is 0 Å². The van der Waals surface area contributed by atoms with Crippen LogP contribution >= 0.6 is 0 Å². The fourth-order valence-electron chi connectivity index (χ4n) is 3.26. The Labute approximate surface area is 117 Å². The lowest BCUT2D eigenvalue weighted by atomic mass is 10.0. The van der Waals surface area contributed by atoms with Crippen LogP contribution in [0.5, 0.6) is 0 Å². The third-order valence-electron chi connectivity index (χ3n) is 4.48. The molecule has 0 amide bonds. The predicted octanol–water partition coefficient (Wildman–Crippen LogP) is 1.17. The summed E-state index contributed by atoms with van der Waals surface area (Å²) in [5.74, 6) is 0.327. The van der Waals surface area contributed by atoms with Gasteiger partial charge in [0.2, 0.25) is 0 Å². The molecule has 2 rings (SSSR count). The fraction of sp³-hybridized carbons (Fsp3) is 1.00. The quantitative estimate of drug-likeness (QED) is 0.844. The second kappa shape index (κ2) is 6.52. The van der Waals surface area contributed by atoms with Gasteiger partial charge >= 0.3 is 0 Å². The first-order valence-electron chi connectivity index (χ1n) is 7.56. The fourth-order valence-corrected chi connectivity index (χ4v) is 5.31. The van der Waals surface area contributed by atoms with Crippen LogP contribution in [-0.2, 0) is 10.2 Å². The zero-order chi connectivity index (χ0) is 13.9. The van der Waals surface area contributed by atoms with E-state index in [0.717, 1.165) is 38.5 Å². The van der Waals surface area contributed by atoms with E-state index in [9.17, 15) is 8.42 Å². The van der Waals surface area contributed by atoms with Gasteiger partial charge in [-0.05, 0) is 44.6 Å². The molecule has 2 atom stereocenters. The van der Waals surface area contributed by atoms with Crippen molar-refractivity contribution in [1.82, 2.24) is 8.61 Å². The van der Waals surface area contributed by atoms with Crippen molar-refractivity contribution in [2.75, 3.05) is 26.2 Å². The van der Waals surface area contributed by atoms with Crippen LogP contribution in [-0.4, -0.2) is 49.2 Å². The van der Waals surface area contributed by atoms with Crippen LogP contribution in [0.3, 0.4) is 0 Å². The van der Waals surface area contributed by atoms with E-state index in [1.807, 2.05) is 0 Å². The molecule has 0 aromatic heterocycles. The third kappa shape index (κ3) is 3.29. The van der Waals surface area contributed by atoms with Gasteiger partial charge in [0.25, 0.3) is 10.2 Å². The highest BCUT2D eigenvalue weighted by Gasteiger charge is 2.37. The zero-order valence-corrected chi connectivity index (χ0v) is 12.7. The van der Waals surface area contributed by atoms with Gasteiger partial charge in [0.05, 0.1) is 0 Å². The lowest BCUT2D eigenvalue weighted by Gasteiger charge is -2.40. The van der Waals surface area contributed by atoms with E-state index in [-0.39, 0.29) is 6.04 Å². The molecule has 6 heteroatoms. The first-order chi connectivity index (χ1) is 9.09. The monoisotopic (exact) mass is 289 g/mol. The summed E-state index contributed by atoms with van der Waals surface area (Å²) in [7, 11) is -3.28. The van der Waals surface area contributed by atoms with E-state index in [1.54, 1.807) is 8.61 Å². The van der Waals surface area contributed by atoms with Crippen LogP contribution in [0, 0.1) is 5.92 Å². The highest BCUT2D eigenvalue weighted by molar-refractivity contribution is 7.86. The molecule has 2 aliphatic heterocycles. The van der Waals surface area contributed by atoms with E-state index in [1.165, 1.54) is 0 Å². The second-order valence-electron chi connectivity index (χ2n) is 5.78. The normalized spacial score (nSPS) is 31.5. The van der Waals surface area contributed by atoms with Gasteiger partial charge in [-0.15, -0.1) is 0 Å². The summed E-state index contributed by atoms with van der Waals surface area (Å²) in [4.78, 5) is 0. The van der Waals surface area contributed by atoms with Crippen LogP contribution in [0.1, 0.15) is 45.4 Å². The molecule has 0 bridgehead atoms. The lowest BCUT2D eigenvalue weighted by molar-refractivity contribution is 0.204. The van der Waals surface area contributed by atoms with E-state index >= 15 is 0 Å². The Hall–Kier alpha value is -0.170. The maximum atomic E-state index is 12.8. The van der Waals surface area contributed by atoms with E-state index in [4.69, 9.17) is 5.73 Å².